The first-order valence-corrected chi connectivity index (χ1v) is 8.55. The number of nitrogens with two attached hydrogens (primary N) is 1. The fourth-order valence-electron chi connectivity index (χ4n) is 2.36. The van der Waals surface area contributed by atoms with Gasteiger partial charge in [0.15, 0.2) is 0 Å². The zero-order valence-electron chi connectivity index (χ0n) is 13.6. The Hall–Kier alpha value is -1.11. The molecule has 0 spiro atoms. The van der Waals surface area contributed by atoms with Crippen molar-refractivity contribution in [2.45, 2.75) is 37.6 Å². The van der Waals surface area contributed by atoms with E-state index in [0.717, 1.165) is 12.1 Å². The molecule has 6 heteroatoms. The highest BCUT2D eigenvalue weighted by atomic mass is 32.2. The monoisotopic (exact) mass is 313 g/mol. The first-order valence-electron chi connectivity index (χ1n) is 7.11. The summed E-state index contributed by atoms with van der Waals surface area (Å²) in [6, 6.07) is 6.79. The summed E-state index contributed by atoms with van der Waals surface area (Å²) >= 11 is 0. The van der Waals surface area contributed by atoms with Crippen LogP contribution < -0.4 is 11.1 Å². The highest BCUT2D eigenvalue weighted by molar-refractivity contribution is 7.89. The second-order valence-corrected chi connectivity index (χ2v) is 8.45. The molecule has 1 aromatic carbocycles. The third-order valence-corrected chi connectivity index (χ3v) is 5.22. The maximum Gasteiger partial charge on any atom is 0.242 e. The Morgan fingerprint density at radius 2 is 1.76 bits per heavy atom. The van der Waals surface area contributed by atoms with Crippen molar-refractivity contribution >= 4 is 15.7 Å². The molecule has 0 fully saturated rings. The lowest BCUT2D eigenvalue weighted by molar-refractivity contribution is 0.407. The molecule has 0 aliphatic carbocycles. The van der Waals surface area contributed by atoms with Crippen LogP contribution in [0, 0.1) is 5.92 Å². The van der Waals surface area contributed by atoms with Crippen molar-refractivity contribution in [3.63, 3.8) is 0 Å². The quantitative estimate of drug-likeness (QED) is 0.808. The van der Waals surface area contributed by atoms with Crippen molar-refractivity contribution in [3.05, 3.63) is 24.3 Å². The number of sulfonamides is 1. The van der Waals surface area contributed by atoms with Gasteiger partial charge in [-0.05, 0) is 43.5 Å². The summed E-state index contributed by atoms with van der Waals surface area (Å²) in [5.41, 5.74) is 6.55. The maximum absolute atomic E-state index is 12.0. The van der Waals surface area contributed by atoms with E-state index in [9.17, 15) is 8.42 Å². The van der Waals surface area contributed by atoms with Gasteiger partial charge in [0.1, 0.15) is 0 Å². The molecule has 0 aliphatic rings. The summed E-state index contributed by atoms with van der Waals surface area (Å²) in [6.45, 7) is 6.91. The van der Waals surface area contributed by atoms with E-state index < -0.39 is 10.0 Å². The molecule has 1 aromatic rings. The predicted octanol–water partition coefficient (Wildman–Crippen LogP) is 2.11. The van der Waals surface area contributed by atoms with Crippen LogP contribution in [0.1, 0.15) is 27.2 Å². The van der Waals surface area contributed by atoms with E-state index in [0.29, 0.717) is 12.5 Å². The lowest BCUT2D eigenvalue weighted by Crippen LogP contribution is -2.43. The van der Waals surface area contributed by atoms with Gasteiger partial charge in [-0.1, -0.05) is 13.8 Å². The Bertz CT molecular complexity index is 553. The largest absolute Gasteiger partial charge is 0.379 e. The number of anilines is 1. The van der Waals surface area contributed by atoms with Gasteiger partial charge in [0.25, 0.3) is 0 Å². The summed E-state index contributed by atoms with van der Waals surface area (Å²) in [5, 5.41) is 3.41. The Balaban J connectivity index is 2.93. The van der Waals surface area contributed by atoms with Gasteiger partial charge >= 0.3 is 0 Å². The predicted molar refractivity (Wildman–Crippen MR) is 87.9 cm³/mol. The van der Waals surface area contributed by atoms with Crippen molar-refractivity contribution < 1.29 is 8.42 Å². The summed E-state index contributed by atoms with van der Waals surface area (Å²) in [7, 11) is -0.334. The number of nitrogens with zero attached hydrogens (tertiary/aromatic N) is 1. The maximum atomic E-state index is 12.0. The van der Waals surface area contributed by atoms with Gasteiger partial charge in [0.05, 0.1) is 4.90 Å². The standard InChI is InChI=1S/C15H27N3O2S/c1-12(2)10-15(3,11-16)17-13-6-8-14(9-7-13)21(19,20)18(4)5/h6-9,12,17H,10-11,16H2,1-5H3. The Morgan fingerprint density at radius 1 is 1.24 bits per heavy atom. The van der Waals surface area contributed by atoms with Gasteiger partial charge in [0, 0.05) is 31.9 Å². The zero-order chi connectivity index (χ0) is 16.3. The van der Waals surface area contributed by atoms with E-state index in [4.69, 9.17) is 5.73 Å². The molecule has 0 aromatic heterocycles. The van der Waals surface area contributed by atoms with E-state index in [-0.39, 0.29) is 10.4 Å². The van der Waals surface area contributed by atoms with E-state index in [1.165, 1.54) is 18.4 Å². The molecule has 0 saturated heterocycles. The fourth-order valence-corrected chi connectivity index (χ4v) is 3.26. The molecule has 0 radical (unpaired) electrons. The first kappa shape index (κ1) is 17.9. The minimum atomic E-state index is -3.38. The number of hydrogen-bond acceptors (Lipinski definition) is 4. The van der Waals surface area contributed by atoms with E-state index in [1.54, 1.807) is 24.3 Å². The molecular formula is C15H27N3O2S. The number of nitrogens with one attached hydrogen (secondary N) is 1. The van der Waals surface area contributed by atoms with Crippen LogP contribution in [0.5, 0.6) is 0 Å². The third kappa shape index (κ3) is 4.69. The normalized spacial score (nSPS) is 15.2. The molecular weight excluding hydrogens is 286 g/mol. The summed E-state index contributed by atoms with van der Waals surface area (Å²) in [6.07, 6.45) is 0.946. The molecule has 3 N–H and O–H groups in total. The van der Waals surface area contributed by atoms with Crippen LogP contribution in [0.2, 0.25) is 0 Å². The second-order valence-electron chi connectivity index (χ2n) is 6.30. The molecule has 0 saturated carbocycles. The van der Waals surface area contributed by atoms with Gasteiger partial charge in [-0.25, -0.2) is 12.7 Å². The van der Waals surface area contributed by atoms with Crippen LogP contribution in [0.4, 0.5) is 5.69 Å². The van der Waals surface area contributed by atoms with Gasteiger partial charge in [-0.2, -0.15) is 0 Å². The summed E-state index contributed by atoms with van der Waals surface area (Å²) < 4.78 is 25.2. The molecule has 0 bridgehead atoms. The topological polar surface area (TPSA) is 75.4 Å². The lowest BCUT2D eigenvalue weighted by atomic mass is 9.90. The molecule has 120 valence electrons. The van der Waals surface area contributed by atoms with Crippen LogP contribution in [0.15, 0.2) is 29.2 Å². The molecule has 1 atom stereocenters. The third-order valence-electron chi connectivity index (χ3n) is 3.39. The smallest absolute Gasteiger partial charge is 0.242 e. The van der Waals surface area contributed by atoms with Crippen LogP contribution in [-0.4, -0.2) is 38.9 Å². The molecule has 21 heavy (non-hydrogen) atoms. The minimum Gasteiger partial charge on any atom is -0.379 e. The molecule has 1 rings (SSSR count). The number of rotatable bonds is 7. The van der Waals surface area contributed by atoms with Gasteiger partial charge in [0.2, 0.25) is 10.0 Å². The second kappa shape index (κ2) is 6.77. The van der Waals surface area contributed by atoms with E-state index in [2.05, 4.69) is 26.1 Å². The van der Waals surface area contributed by atoms with Crippen LogP contribution in [0.25, 0.3) is 0 Å². The highest BCUT2D eigenvalue weighted by Crippen LogP contribution is 2.23. The molecule has 1 unspecified atom stereocenters. The SMILES string of the molecule is CC(C)CC(C)(CN)Nc1ccc(S(=O)(=O)N(C)C)cc1. The Labute approximate surface area is 128 Å². The van der Waals surface area contributed by atoms with E-state index in [1.807, 2.05) is 0 Å². The Kier molecular flexibility index (Phi) is 5.78. The van der Waals surface area contributed by atoms with Gasteiger partial charge in [-0.15, -0.1) is 0 Å². The first-order chi connectivity index (χ1) is 9.60. The van der Waals surface area contributed by atoms with E-state index >= 15 is 0 Å². The molecule has 0 amide bonds. The van der Waals surface area contributed by atoms with Crippen LogP contribution in [-0.2, 0) is 10.0 Å². The molecule has 0 heterocycles. The lowest BCUT2D eigenvalue weighted by Gasteiger charge is -2.32. The average Bonchev–Trinajstić information content (AvgIpc) is 2.38. The minimum absolute atomic E-state index is 0.198. The summed E-state index contributed by atoms with van der Waals surface area (Å²) in [5.74, 6) is 0.527. The zero-order valence-corrected chi connectivity index (χ0v) is 14.4. The fraction of sp³-hybridized carbons (Fsp3) is 0.600. The molecule has 5 nitrogen and oxygen atoms in total. The number of benzene rings is 1. The van der Waals surface area contributed by atoms with Gasteiger partial charge in [-0.3, -0.25) is 0 Å². The average molecular weight is 313 g/mol. The highest BCUT2D eigenvalue weighted by Gasteiger charge is 2.24. The van der Waals surface area contributed by atoms with Crippen molar-refractivity contribution in [3.8, 4) is 0 Å². The van der Waals surface area contributed by atoms with Crippen molar-refractivity contribution in [2.75, 3.05) is 26.0 Å². The summed E-state index contributed by atoms with van der Waals surface area (Å²) in [4.78, 5) is 0.288. The van der Waals surface area contributed by atoms with Crippen molar-refractivity contribution in [1.82, 2.24) is 4.31 Å². The van der Waals surface area contributed by atoms with Gasteiger partial charge < -0.3 is 11.1 Å². The van der Waals surface area contributed by atoms with Crippen LogP contribution >= 0.6 is 0 Å². The van der Waals surface area contributed by atoms with Crippen LogP contribution in [0.3, 0.4) is 0 Å². The van der Waals surface area contributed by atoms with Crippen molar-refractivity contribution in [2.24, 2.45) is 11.7 Å². The Morgan fingerprint density at radius 3 is 2.14 bits per heavy atom. The molecule has 0 aliphatic heterocycles. The number of hydrogen-bond donors (Lipinski definition) is 2. The van der Waals surface area contributed by atoms with Crippen molar-refractivity contribution in [1.29, 1.82) is 0 Å².